The highest BCUT2D eigenvalue weighted by atomic mass is 15.3. The predicted molar refractivity (Wildman–Crippen MR) is 70.0 cm³/mol. The number of aromatic nitrogens is 3. The minimum Gasteiger partial charge on any atom is -0.398 e. The molecule has 0 aliphatic carbocycles. The SMILES string of the molecule is Cc1nnc(N2Cc3cccc(N)c3C2)nc1C. The largest absolute Gasteiger partial charge is 0.398 e. The Balaban J connectivity index is 1.94. The summed E-state index contributed by atoms with van der Waals surface area (Å²) in [5.74, 6) is 0.675. The highest BCUT2D eigenvalue weighted by Gasteiger charge is 2.23. The van der Waals surface area contributed by atoms with Crippen molar-refractivity contribution in [2.24, 2.45) is 0 Å². The monoisotopic (exact) mass is 241 g/mol. The van der Waals surface area contributed by atoms with Crippen molar-refractivity contribution in [3.63, 3.8) is 0 Å². The van der Waals surface area contributed by atoms with Crippen molar-refractivity contribution in [3.05, 3.63) is 40.7 Å². The van der Waals surface area contributed by atoms with Gasteiger partial charge in [0.05, 0.1) is 11.4 Å². The van der Waals surface area contributed by atoms with Gasteiger partial charge in [0.1, 0.15) is 0 Å². The van der Waals surface area contributed by atoms with E-state index in [0.717, 1.165) is 30.2 Å². The van der Waals surface area contributed by atoms with Crippen molar-refractivity contribution in [2.75, 3.05) is 10.6 Å². The van der Waals surface area contributed by atoms with Crippen LogP contribution in [0.25, 0.3) is 0 Å². The predicted octanol–water partition coefficient (Wildman–Crippen LogP) is 1.59. The Hall–Kier alpha value is -2.17. The zero-order chi connectivity index (χ0) is 12.7. The number of hydrogen-bond donors (Lipinski definition) is 1. The molecule has 0 radical (unpaired) electrons. The molecule has 3 rings (SSSR count). The van der Waals surface area contributed by atoms with Crippen molar-refractivity contribution < 1.29 is 0 Å². The standard InChI is InChI=1S/C13H15N5/c1-8-9(2)16-17-13(15-8)18-6-10-4-3-5-12(14)11(10)7-18/h3-5H,6-7,14H2,1-2H3. The average molecular weight is 241 g/mol. The van der Waals surface area contributed by atoms with Crippen molar-refractivity contribution in [1.82, 2.24) is 15.2 Å². The molecule has 0 saturated heterocycles. The number of aryl methyl sites for hydroxylation is 2. The van der Waals surface area contributed by atoms with Crippen molar-refractivity contribution in [2.45, 2.75) is 26.9 Å². The molecule has 1 aliphatic heterocycles. The maximum atomic E-state index is 5.98. The third-order valence-corrected chi connectivity index (χ3v) is 3.38. The van der Waals surface area contributed by atoms with E-state index < -0.39 is 0 Å². The lowest BCUT2D eigenvalue weighted by Crippen LogP contribution is -2.19. The van der Waals surface area contributed by atoms with E-state index >= 15 is 0 Å². The quantitative estimate of drug-likeness (QED) is 0.768. The minimum absolute atomic E-state index is 0.675. The Bertz CT molecular complexity index is 608. The number of fused-ring (bicyclic) bond motifs is 1. The molecule has 0 unspecified atom stereocenters. The molecule has 1 aliphatic rings. The van der Waals surface area contributed by atoms with Crippen molar-refractivity contribution in [1.29, 1.82) is 0 Å². The Kier molecular flexibility index (Phi) is 2.40. The van der Waals surface area contributed by atoms with Gasteiger partial charge in [-0.1, -0.05) is 12.1 Å². The summed E-state index contributed by atoms with van der Waals surface area (Å²) in [7, 11) is 0. The molecule has 0 spiro atoms. The molecule has 92 valence electrons. The van der Waals surface area contributed by atoms with Crippen LogP contribution in [0.3, 0.4) is 0 Å². The number of rotatable bonds is 1. The maximum Gasteiger partial charge on any atom is 0.246 e. The Labute approximate surface area is 106 Å². The van der Waals surface area contributed by atoms with Crippen LogP contribution in [0.2, 0.25) is 0 Å². The number of hydrogen-bond acceptors (Lipinski definition) is 5. The highest BCUT2D eigenvalue weighted by molar-refractivity contribution is 5.56. The van der Waals surface area contributed by atoms with Crippen molar-refractivity contribution in [3.8, 4) is 0 Å². The van der Waals surface area contributed by atoms with Gasteiger partial charge in [-0.05, 0) is 31.0 Å². The van der Waals surface area contributed by atoms with Crippen molar-refractivity contribution >= 4 is 11.6 Å². The van der Waals surface area contributed by atoms with Gasteiger partial charge in [-0.2, -0.15) is 5.10 Å². The number of nitrogens with zero attached hydrogens (tertiary/aromatic N) is 4. The zero-order valence-electron chi connectivity index (χ0n) is 10.5. The molecule has 0 bridgehead atoms. The summed E-state index contributed by atoms with van der Waals surface area (Å²) in [5, 5.41) is 8.28. The fourth-order valence-corrected chi connectivity index (χ4v) is 2.17. The van der Waals surface area contributed by atoms with Crippen LogP contribution in [0, 0.1) is 13.8 Å². The number of anilines is 2. The normalized spacial score (nSPS) is 13.8. The topological polar surface area (TPSA) is 67.9 Å². The van der Waals surface area contributed by atoms with Crippen LogP contribution in [0.4, 0.5) is 11.6 Å². The van der Waals surface area contributed by atoms with Gasteiger partial charge >= 0.3 is 0 Å². The molecule has 0 amide bonds. The molecular weight excluding hydrogens is 226 g/mol. The molecule has 1 aromatic heterocycles. The first-order valence-corrected chi connectivity index (χ1v) is 5.94. The molecule has 0 atom stereocenters. The molecular formula is C13H15N5. The summed E-state index contributed by atoms with van der Waals surface area (Å²) in [6.45, 7) is 5.41. The summed E-state index contributed by atoms with van der Waals surface area (Å²) in [5.41, 5.74) is 11.0. The molecule has 2 heterocycles. The van der Waals surface area contributed by atoms with Crippen LogP contribution in [0.1, 0.15) is 22.5 Å². The van der Waals surface area contributed by atoms with Gasteiger partial charge in [0.15, 0.2) is 0 Å². The number of nitrogens with two attached hydrogens (primary N) is 1. The lowest BCUT2D eigenvalue weighted by atomic mass is 10.1. The fraction of sp³-hybridized carbons (Fsp3) is 0.308. The first kappa shape index (κ1) is 11.0. The van der Waals surface area contributed by atoms with Crippen LogP contribution in [0.5, 0.6) is 0 Å². The van der Waals surface area contributed by atoms with Crippen LogP contribution >= 0.6 is 0 Å². The highest BCUT2D eigenvalue weighted by Crippen LogP contribution is 2.29. The van der Waals surface area contributed by atoms with Gasteiger partial charge < -0.3 is 10.6 Å². The summed E-state index contributed by atoms with van der Waals surface area (Å²) in [4.78, 5) is 6.58. The fourth-order valence-electron chi connectivity index (χ4n) is 2.17. The average Bonchev–Trinajstić information content (AvgIpc) is 2.78. The van der Waals surface area contributed by atoms with E-state index in [2.05, 4.69) is 26.1 Å². The number of nitrogen functional groups attached to an aromatic ring is 1. The molecule has 2 N–H and O–H groups in total. The van der Waals surface area contributed by atoms with Gasteiger partial charge in [-0.3, -0.25) is 0 Å². The summed E-state index contributed by atoms with van der Waals surface area (Å²) < 4.78 is 0. The summed E-state index contributed by atoms with van der Waals surface area (Å²) in [6, 6.07) is 6.01. The first-order valence-electron chi connectivity index (χ1n) is 5.94. The number of benzene rings is 1. The molecule has 0 saturated carbocycles. The summed E-state index contributed by atoms with van der Waals surface area (Å²) in [6.07, 6.45) is 0. The van der Waals surface area contributed by atoms with E-state index in [0.29, 0.717) is 5.95 Å². The minimum atomic E-state index is 0.675. The van der Waals surface area contributed by atoms with Crippen LogP contribution in [0.15, 0.2) is 18.2 Å². The lowest BCUT2D eigenvalue weighted by Gasteiger charge is -2.15. The molecule has 18 heavy (non-hydrogen) atoms. The van der Waals surface area contributed by atoms with Gasteiger partial charge in [-0.25, -0.2) is 4.98 Å². The Morgan fingerprint density at radius 3 is 2.67 bits per heavy atom. The second-order valence-electron chi connectivity index (χ2n) is 4.62. The molecule has 1 aromatic carbocycles. The lowest BCUT2D eigenvalue weighted by molar-refractivity contribution is 0.778. The molecule has 0 fully saturated rings. The van der Waals surface area contributed by atoms with Gasteiger partial charge in [0.25, 0.3) is 0 Å². The van der Waals surface area contributed by atoms with Crippen LogP contribution in [-0.2, 0) is 13.1 Å². The third-order valence-electron chi connectivity index (χ3n) is 3.38. The second-order valence-corrected chi connectivity index (χ2v) is 4.62. The van der Waals surface area contributed by atoms with Gasteiger partial charge in [0, 0.05) is 18.8 Å². The van der Waals surface area contributed by atoms with E-state index in [-0.39, 0.29) is 0 Å². The van der Waals surface area contributed by atoms with Crippen LogP contribution in [-0.4, -0.2) is 15.2 Å². The zero-order valence-corrected chi connectivity index (χ0v) is 10.5. The first-order chi connectivity index (χ1) is 8.65. The van der Waals surface area contributed by atoms with Gasteiger partial charge in [0.2, 0.25) is 5.95 Å². The third kappa shape index (κ3) is 1.68. The van der Waals surface area contributed by atoms with E-state index in [9.17, 15) is 0 Å². The van der Waals surface area contributed by atoms with E-state index in [1.165, 1.54) is 11.1 Å². The van der Waals surface area contributed by atoms with E-state index in [1.54, 1.807) is 0 Å². The maximum absolute atomic E-state index is 5.98. The molecule has 2 aromatic rings. The molecule has 5 heteroatoms. The van der Waals surface area contributed by atoms with Gasteiger partial charge in [-0.15, -0.1) is 5.10 Å². The van der Waals surface area contributed by atoms with E-state index in [1.807, 2.05) is 26.0 Å². The van der Waals surface area contributed by atoms with Crippen LogP contribution < -0.4 is 10.6 Å². The Morgan fingerprint density at radius 2 is 1.94 bits per heavy atom. The van der Waals surface area contributed by atoms with E-state index in [4.69, 9.17) is 5.73 Å². The smallest absolute Gasteiger partial charge is 0.246 e. The Morgan fingerprint density at radius 1 is 1.11 bits per heavy atom. The summed E-state index contributed by atoms with van der Waals surface area (Å²) >= 11 is 0. The second kappa shape index (κ2) is 3.94. The molecule has 5 nitrogen and oxygen atoms in total.